The molecular weight excluding hydrogens is 456 g/mol. The number of sulfonamides is 1. The number of hydrogen-bond acceptors (Lipinski definition) is 6. The third-order valence-corrected chi connectivity index (χ3v) is 7.72. The highest BCUT2D eigenvalue weighted by atomic mass is 32.2. The first-order valence-electron chi connectivity index (χ1n) is 11.1. The summed E-state index contributed by atoms with van der Waals surface area (Å²) in [7, 11) is -0.361. The standard InChI is InChI=1S/C24H28N4O5S/c1-32-22-11-6-18(14-23(22)33-2)15-25-24(29)21-16-27(17-26-21)19-7-9-20(10-8-19)34(30,31)28-12-4-3-5-13-28/h6-11,14,16-17H,3-5,12-13,15H2,1-2H3,(H,25,29). The number of methoxy groups -OCH3 is 2. The van der Waals surface area contributed by atoms with Crippen LogP contribution in [0, 0.1) is 0 Å². The second-order valence-corrected chi connectivity index (χ2v) is 9.93. The molecule has 180 valence electrons. The van der Waals surface area contributed by atoms with Crippen molar-refractivity contribution < 1.29 is 22.7 Å². The summed E-state index contributed by atoms with van der Waals surface area (Å²) in [6.07, 6.45) is 5.99. The normalized spacial score (nSPS) is 14.5. The molecule has 2 heterocycles. The van der Waals surface area contributed by atoms with E-state index in [-0.39, 0.29) is 16.5 Å². The largest absolute Gasteiger partial charge is 0.493 e. The molecule has 10 heteroatoms. The van der Waals surface area contributed by atoms with Crippen molar-refractivity contribution in [3.8, 4) is 17.2 Å². The number of carbonyl (C=O) groups is 1. The maximum Gasteiger partial charge on any atom is 0.271 e. The average Bonchev–Trinajstić information content (AvgIpc) is 3.38. The summed E-state index contributed by atoms with van der Waals surface area (Å²) >= 11 is 0. The molecule has 1 saturated heterocycles. The number of aromatic nitrogens is 2. The molecule has 1 aromatic heterocycles. The summed E-state index contributed by atoms with van der Waals surface area (Å²) in [5.74, 6) is 0.883. The molecule has 1 amide bonds. The van der Waals surface area contributed by atoms with Crippen molar-refractivity contribution in [2.75, 3.05) is 27.3 Å². The summed E-state index contributed by atoms with van der Waals surface area (Å²) in [5, 5.41) is 2.84. The lowest BCUT2D eigenvalue weighted by Crippen LogP contribution is -2.35. The number of nitrogens with one attached hydrogen (secondary N) is 1. The summed E-state index contributed by atoms with van der Waals surface area (Å²) in [4.78, 5) is 17.0. The van der Waals surface area contributed by atoms with E-state index in [1.807, 2.05) is 6.07 Å². The minimum Gasteiger partial charge on any atom is -0.493 e. The lowest BCUT2D eigenvalue weighted by atomic mass is 10.2. The Balaban J connectivity index is 1.41. The van der Waals surface area contributed by atoms with E-state index in [9.17, 15) is 13.2 Å². The molecule has 0 unspecified atom stereocenters. The van der Waals surface area contributed by atoms with E-state index in [1.54, 1.807) is 65.7 Å². The highest BCUT2D eigenvalue weighted by Crippen LogP contribution is 2.27. The number of ether oxygens (including phenoxy) is 2. The Kier molecular flexibility index (Phi) is 7.18. The summed E-state index contributed by atoms with van der Waals surface area (Å²) in [6, 6.07) is 12.0. The van der Waals surface area contributed by atoms with Gasteiger partial charge in [0, 0.05) is 31.5 Å². The van der Waals surface area contributed by atoms with Crippen molar-refractivity contribution in [1.29, 1.82) is 0 Å². The number of hydrogen-bond donors (Lipinski definition) is 1. The van der Waals surface area contributed by atoms with Gasteiger partial charge in [-0.1, -0.05) is 12.5 Å². The third kappa shape index (κ3) is 5.07. The second-order valence-electron chi connectivity index (χ2n) is 8.00. The molecule has 34 heavy (non-hydrogen) atoms. The second kappa shape index (κ2) is 10.3. The first-order chi connectivity index (χ1) is 16.4. The zero-order valence-electron chi connectivity index (χ0n) is 19.2. The quantitative estimate of drug-likeness (QED) is 0.527. The van der Waals surface area contributed by atoms with Crippen LogP contribution in [0.1, 0.15) is 35.3 Å². The lowest BCUT2D eigenvalue weighted by Gasteiger charge is -2.25. The van der Waals surface area contributed by atoms with Gasteiger partial charge in [0.05, 0.1) is 19.1 Å². The van der Waals surface area contributed by atoms with Gasteiger partial charge in [0.15, 0.2) is 11.5 Å². The molecule has 1 N–H and O–H groups in total. The van der Waals surface area contributed by atoms with Crippen molar-refractivity contribution in [3.05, 3.63) is 66.2 Å². The fourth-order valence-corrected chi connectivity index (χ4v) is 5.41. The Labute approximate surface area is 199 Å². The predicted molar refractivity (Wildman–Crippen MR) is 127 cm³/mol. The maximum atomic E-state index is 12.8. The highest BCUT2D eigenvalue weighted by Gasteiger charge is 2.25. The average molecular weight is 485 g/mol. The molecule has 4 rings (SSSR count). The van der Waals surface area contributed by atoms with E-state index < -0.39 is 10.0 Å². The maximum absolute atomic E-state index is 12.8. The number of imidazole rings is 1. The van der Waals surface area contributed by atoms with Gasteiger partial charge < -0.3 is 19.4 Å². The van der Waals surface area contributed by atoms with Crippen LogP contribution >= 0.6 is 0 Å². The number of benzene rings is 2. The number of rotatable bonds is 8. The van der Waals surface area contributed by atoms with Crippen LogP contribution in [0.25, 0.3) is 5.69 Å². The monoisotopic (exact) mass is 484 g/mol. The van der Waals surface area contributed by atoms with Crippen LogP contribution in [-0.4, -0.2) is 55.5 Å². The van der Waals surface area contributed by atoms with Crippen LogP contribution in [0.3, 0.4) is 0 Å². The van der Waals surface area contributed by atoms with Crippen molar-refractivity contribution in [1.82, 2.24) is 19.2 Å². The van der Waals surface area contributed by atoms with Crippen molar-refractivity contribution in [3.63, 3.8) is 0 Å². The SMILES string of the molecule is COc1ccc(CNC(=O)c2cn(-c3ccc(S(=O)(=O)N4CCCCC4)cc3)cn2)cc1OC. The van der Waals surface area contributed by atoms with Crippen molar-refractivity contribution in [2.45, 2.75) is 30.7 Å². The fourth-order valence-electron chi connectivity index (χ4n) is 3.89. The smallest absolute Gasteiger partial charge is 0.271 e. The van der Waals surface area contributed by atoms with Gasteiger partial charge in [0.2, 0.25) is 10.0 Å². The molecule has 0 aliphatic carbocycles. The van der Waals surface area contributed by atoms with Gasteiger partial charge in [0.1, 0.15) is 12.0 Å². The van der Waals surface area contributed by atoms with Gasteiger partial charge in [-0.2, -0.15) is 4.31 Å². The minimum atomic E-state index is -3.48. The highest BCUT2D eigenvalue weighted by molar-refractivity contribution is 7.89. The van der Waals surface area contributed by atoms with Crippen LogP contribution in [0.15, 0.2) is 59.9 Å². The van der Waals surface area contributed by atoms with E-state index in [4.69, 9.17) is 9.47 Å². The Morgan fingerprint density at radius 1 is 1.00 bits per heavy atom. The van der Waals surface area contributed by atoms with Crippen molar-refractivity contribution in [2.24, 2.45) is 0 Å². The first-order valence-corrected chi connectivity index (χ1v) is 12.5. The molecule has 3 aromatic rings. The molecule has 9 nitrogen and oxygen atoms in total. The molecular formula is C24H28N4O5S. The zero-order valence-corrected chi connectivity index (χ0v) is 20.0. The summed E-state index contributed by atoms with van der Waals surface area (Å²) in [6.45, 7) is 1.43. The first kappa shape index (κ1) is 23.8. The van der Waals surface area contributed by atoms with Gasteiger partial charge >= 0.3 is 0 Å². The third-order valence-electron chi connectivity index (χ3n) is 5.80. The van der Waals surface area contributed by atoms with Crippen LogP contribution < -0.4 is 14.8 Å². The molecule has 2 aromatic carbocycles. The van der Waals surface area contributed by atoms with Gasteiger partial charge in [-0.25, -0.2) is 13.4 Å². The number of amides is 1. The topological polar surface area (TPSA) is 103 Å². The van der Waals surface area contributed by atoms with E-state index in [0.717, 1.165) is 24.8 Å². The van der Waals surface area contributed by atoms with Crippen LogP contribution in [-0.2, 0) is 16.6 Å². The molecule has 1 aliphatic heterocycles. The zero-order chi connectivity index (χ0) is 24.1. The van der Waals surface area contributed by atoms with E-state index in [2.05, 4.69) is 10.3 Å². The van der Waals surface area contributed by atoms with E-state index >= 15 is 0 Å². The summed E-state index contributed by atoms with van der Waals surface area (Å²) in [5.41, 5.74) is 1.82. The number of piperidine rings is 1. The molecule has 1 fully saturated rings. The molecule has 0 atom stereocenters. The lowest BCUT2D eigenvalue weighted by molar-refractivity contribution is 0.0946. The summed E-state index contributed by atoms with van der Waals surface area (Å²) < 4.78 is 39.4. The van der Waals surface area contributed by atoms with Gasteiger partial charge in [-0.05, 0) is 54.8 Å². The molecule has 0 spiro atoms. The van der Waals surface area contributed by atoms with Crippen LogP contribution in [0.4, 0.5) is 0 Å². The van der Waals surface area contributed by atoms with Gasteiger partial charge in [-0.3, -0.25) is 4.79 Å². The number of carbonyl (C=O) groups excluding carboxylic acids is 1. The Morgan fingerprint density at radius 3 is 2.38 bits per heavy atom. The van der Waals surface area contributed by atoms with E-state index in [0.29, 0.717) is 36.8 Å². The Hall–Kier alpha value is -3.37. The molecule has 1 aliphatic rings. The van der Waals surface area contributed by atoms with Gasteiger partial charge in [-0.15, -0.1) is 0 Å². The van der Waals surface area contributed by atoms with Crippen LogP contribution in [0.5, 0.6) is 11.5 Å². The Bertz CT molecular complexity index is 1250. The molecule has 0 bridgehead atoms. The Morgan fingerprint density at radius 2 is 1.71 bits per heavy atom. The fraction of sp³-hybridized carbons (Fsp3) is 0.333. The molecule has 0 radical (unpaired) electrons. The van der Waals surface area contributed by atoms with Crippen LogP contribution in [0.2, 0.25) is 0 Å². The number of nitrogens with zero attached hydrogens (tertiary/aromatic N) is 3. The predicted octanol–water partition coefficient (Wildman–Crippen LogP) is 2.99. The van der Waals surface area contributed by atoms with Crippen molar-refractivity contribution >= 4 is 15.9 Å². The molecule has 0 saturated carbocycles. The van der Waals surface area contributed by atoms with Gasteiger partial charge in [0.25, 0.3) is 5.91 Å². The van der Waals surface area contributed by atoms with E-state index in [1.165, 1.54) is 6.33 Å². The minimum absolute atomic E-state index is 0.255.